The van der Waals surface area contributed by atoms with Gasteiger partial charge in [-0.2, -0.15) is 0 Å². The molecule has 0 fully saturated rings. The number of aliphatic hydroxyl groups excluding tert-OH is 1. The molecule has 0 heterocycles. The molecule has 0 radical (unpaired) electrons. The molecule has 2 N–H and O–H groups in total. The smallest absolute Gasteiger partial charge is 0.241 e. The number of aliphatic hydroxyl groups is 1. The van der Waals surface area contributed by atoms with Gasteiger partial charge in [0.25, 0.3) is 0 Å². The van der Waals surface area contributed by atoms with E-state index in [1.807, 2.05) is 6.92 Å². The minimum Gasteiger partial charge on any atom is -0.396 e. The van der Waals surface area contributed by atoms with E-state index in [1.165, 1.54) is 0 Å². The SMILES string of the molecule is Cc1ccc(S(=O)(=O)NC(C)CCO)c(Br)c1. The molecule has 1 aromatic rings. The Morgan fingerprint density at radius 3 is 2.65 bits per heavy atom. The van der Waals surface area contributed by atoms with Gasteiger partial charge in [-0.15, -0.1) is 0 Å². The van der Waals surface area contributed by atoms with Gasteiger partial charge in [-0.3, -0.25) is 0 Å². The van der Waals surface area contributed by atoms with Crippen molar-refractivity contribution in [1.29, 1.82) is 0 Å². The fraction of sp³-hybridized carbons (Fsp3) is 0.455. The predicted octanol–water partition coefficient (Wildman–Crippen LogP) is 1.81. The first-order chi connectivity index (χ1) is 7.86. The zero-order valence-corrected chi connectivity index (χ0v) is 12.2. The van der Waals surface area contributed by atoms with Crippen LogP contribution in [0.5, 0.6) is 0 Å². The van der Waals surface area contributed by atoms with Crippen molar-refractivity contribution in [2.75, 3.05) is 6.61 Å². The molecule has 0 saturated heterocycles. The van der Waals surface area contributed by atoms with Gasteiger partial charge in [0.1, 0.15) is 0 Å². The van der Waals surface area contributed by atoms with E-state index in [1.54, 1.807) is 25.1 Å². The predicted molar refractivity (Wildman–Crippen MR) is 70.4 cm³/mol. The summed E-state index contributed by atoms with van der Waals surface area (Å²) < 4.78 is 27.1. The van der Waals surface area contributed by atoms with Crippen LogP contribution in [0.4, 0.5) is 0 Å². The Bertz CT molecular complexity index is 487. The Hall–Kier alpha value is -0.430. The van der Waals surface area contributed by atoms with Gasteiger partial charge in [-0.1, -0.05) is 6.07 Å². The van der Waals surface area contributed by atoms with Crippen molar-refractivity contribution in [2.24, 2.45) is 0 Å². The quantitative estimate of drug-likeness (QED) is 0.869. The van der Waals surface area contributed by atoms with Gasteiger partial charge in [0, 0.05) is 17.1 Å². The van der Waals surface area contributed by atoms with Crippen molar-refractivity contribution in [2.45, 2.75) is 31.2 Å². The second kappa shape index (κ2) is 5.95. The zero-order valence-electron chi connectivity index (χ0n) is 9.77. The van der Waals surface area contributed by atoms with Crippen LogP contribution in [0, 0.1) is 6.92 Å². The number of hydrogen-bond donors (Lipinski definition) is 2. The topological polar surface area (TPSA) is 66.4 Å². The first-order valence-corrected chi connectivity index (χ1v) is 7.54. The van der Waals surface area contributed by atoms with E-state index in [2.05, 4.69) is 20.7 Å². The van der Waals surface area contributed by atoms with Crippen LogP contribution in [0.3, 0.4) is 0 Å². The van der Waals surface area contributed by atoms with Crippen LogP contribution in [0.1, 0.15) is 18.9 Å². The molecule has 0 bridgehead atoms. The molecule has 0 saturated carbocycles. The molecule has 1 atom stereocenters. The van der Waals surface area contributed by atoms with Gasteiger partial charge < -0.3 is 5.11 Å². The van der Waals surface area contributed by atoms with E-state index in [-0.39, 0.29) is 17.5 Å². The van der Waals surface area contributed by atoms with Crippen molar-refractivity contribution in [1.82, 2.24) is 4.72 Å². The summed E-state index contributed by atoms with van der Waals surface area (Å²) in [6, 6.07) is 4.77. The molecule has 0 spiro atoms. The monoisotopic (exact) mass is 321 g/mol. The van der Waals surface area contributed by atoms with E-state index in [0.717, 1.165) is 5.56 Å². The fourth-order valence-electron chi connectivity index (χ4n) is 1.40. The van der Waals surface area contributed by atoms with E-state index in [0.29, 0.717) is 10.9 Å². The molecular formula is C11H16BrNO3S. The lowest BCUT2D eigenvalue weighted by Gasteiger charge is -2.14. The summed E-state index contributed by atoms with van der Waals surface area (Å²) in [6.07, 6.45) is 0.392. The molecule has 17 heavy (non-hydrogen) atoms. The van der Waals surface area contributed by atoms with Crippen LogP contribution in [0.25, 0.3) is 0 Å². The van der Waals surface area contributed by atoms with Gasteiger partial charge in [0.2, 0.25) is 10.0 Å². The van der Waals surface area contributed by atoms with E-state index >= 15 is 0 Å². The van der Waals surface area contributed by atoms with Crippen LogP contribution in [-0.2, 0) is 10.0 Å². The third kappa shape index (κ3) is 4.06. The maximum Gasteiger partial charge on any atom is 0.241 e. The van der Waals surface area contributed by atoms with E-state index in [4.69, 9.17) is 5.11 Å². The summed E-state index contributed by atoms with van der Waals surface area (Å²) in [5, 5.41) is 8.75. The Labute approximate surface area is 110 Å². The first-order valence-electron chi connectivity index (χ1n) is 5.26. The maximum absolute atomic E-state index is 12.0. The molecule has 6 heteroatoms. The van der Waals surface area contributed by atoms with Crippen molar-refractivity contribution >= 4 is 26.0 Å². The minimum atomic E-state index is -3.54. The molecule has 0 aliphatic carbocycles. The Morgan fingerprint density at radius 2 is 2.12 bits per heavy atom. The van der Waals surface area contributed by atoms with E-state index < -0.39 is 10.0 Å². The minimum absolute atomic E-state index is 0.0429. The molecule has 96 valence electrons. The average molecular weight is 322 g/mol. The molecule has 0 aliphatic heterocycles. The van der Waals surface area contributed by atoms with Crippen molar-refractivity contribution < 1.29 is 13.5 Å². The van der Waals surface area contributed by atoms with Crippen molar-refractivity contribution in [3.8, 4) is 0 Å². The molecule has 1 rings (SSSR count). The Balaban J connectivity index is 2.97. The molecule has 1 aromatic carbocycles. The Morgan fingerprint density at radius 1 is 1.47 bits per heavy atom. The highest BCUT2D eigenvalue weighted by Crippen LogP contribution is 2.23. The summed E-state index contributed by atoms with van der Waals surface area (Å²) >= 11 is 3.24. The highest BCUT2D eigenvalue weighted by molar-refractivity contribution is 9.10. The number of halogens is 1. The van der Waals surface area contributed by atoms with Crippen LogP contribution in [0.2, 0.25) is 0 Å². The highest BCUT2D eigenvalue weighted by Gasteiger charge is 2.19. The number of rotatable bonds is 5. The van der Waals surface area contributed by atoms with Crippen LogP contribution < -0.4 is 4.72 Å². The third-order valence-electron chi connectivity index (χ3n) is 2.30. The lowest BCUT2D eigenvalue weighted by molar-refractivity contribution is 0.275. The summed E-state index contributed by atoms with van der Waals surface area (Å²) in [4.78, 5) is 0.216. The maximum atomic E-state index is 12.0. The summed E-state index contributed by atoms with van der Waals surface area (Å²) in [6.45, 7) is 3.57. The zero-order chi connectivity index (χ0) is 13.1. The number of hydrogen-bond acceptors (Lipinski definition) is 3. The average Bonchev–Trinajstić information content (AvgIpc) is 2.15. The standard InChI is InChI=1S/C11H16BrNO3S/c1-8-3-4-11(10(12)7-8)17(15,16)13-9(2)5-6-14/h3-4,7,9,13-14H,5-6H2,1-2H3. The number of benzene rings is 1. The fourth-order valence-corrected chi connectivity index (χ4v) is 3.87. The number of aryl methyl sites for hydroxylation is 1. The molecule has 4 nitrogen and oxygen atoms in total. The van der Waals surface area contributed by atoms with Crippen molar-refractivity contribution in [3.63, 3.8) is 0 Å². The lowest BCUT2D eigenvalue weighted by Crippen LogP contribution is -2.33. The number of sulfonamides is 1. The van der Waals surface area contributed by atoms with Crippen LogP contribution >= 0.6 is 15.9 Å². The second-order valence-corrected chi connectivity index (χ2v) is 6.51. The van der Waals surface area contributed by atoms with Crippen molar-refractivity contribution in [3.05, 3.63) is 28.2 Å². The molecule has 0 amide bonds. The highest BCUT2D eigenvalue weighted by atomic mass is 79.9. The summed E-state index contributed by atoms with van der Waals surface area (Å²) in [5.41, 5.74) is 0.985. The van der Waals surface area contributed by atoms with Crippen LogP contribution in [0.15, 0.2) is 27.6 Å². The van der Waals surface area contributed by atoms with E-state index in [9.17, 15) is 8.42 Å². The van der Waals surface area contributed by atoms with Gasteiger partial charge in [0.15, 0.2) is 0 Å². The van der Waals surface area contributed by atoms with Gasteiger partial charge in [-0.25, -0.2) is 13.1 Å². The Kier molecular flexibility index (Phi) is 5.12. The third-order valence-corrected chi connectivity index (χ3v) is 4.86. The van der Waals surface area contributed by atoms with Gasteiger partial charge >= 0.3 is 0 Å². The van der Waals surface area contributed by atoms with Crippen LogP contribution in [-0.4, -0.2) is 26.2 Å². The summed E-state index contributed by atoms with van der Waals surface area (Å²) in [7, 11) is -3.54. The molecular weight excluding hydrogens is 306 g/mol. The molecule has 0 aliphatic rings. The van der Waals surface area contributed by atoms with Gasteiger partial charge in [-0.05, 0) is 53.9 Å². The molecule has 1 unspecified atom stereocenters. The summed E-state index contributed by atoms with van der Waals surface area (Å²) in [5.74, 6) is 0. The second-order valence-electron chi connectivity index (χ2n) is 3.97. The lowest BCUT2D eigenvalue weighted by atomic mass is 10.2. The normalized spacial score (nSPS) is 13.6. The first kappa shape index (κ1) is 14.6. The van der Waals surface area contributed by atoms with Gasteiger partial charge in [0.05, 0.1) is 4.90 Å². The largest absolute Gasteiger partial charge is 0.396 e. The molecule has 0 aromatic heterocycles. The number of nitrogens with one attached hydrogen (secondary N) is 1.